The van der Waals surface area contributed by atoms with Gasteiger partial charge in [-0.3, -0.25) is 4.79 Å². The van der Waals surface area contributed by atoms with Crippen molar-refractivity contribution in [1.82, 2.24) is 9.88 Å². The van der Waals surface area contributed by atoms with E-state index < -0.39 is 11.7 Å². The largest absolute Gasteiger partial charge is 0.444 e. The Morgan fingerprint density at radius 3 is 2.64 bits per heavy atom. The van der Waals surface area contributed by atoms with Crippen molar-refractivity contribution in [2.45, 2.75) is 58.2 Å². The fraction of sp³-hybridized carbons (Fsp3) is 0.474. The van der Waals surface area contributed by atoms with E-state index in [1.165, 1.54) is 0 Å². The average molecular weight is 363 g/mol. The number of alkyl carbamates (subject to hydrolysis) is 1. The highest BCUT2D eigenvalue weighted by atomic mass is 35.5. The van der Waals surface area contributed by atoms with E-state index >= 15 is 0 Å². The molecule has 0 saturated heterocycles. The van der Waals surface area contributed by atoms with E-state index in [0.717, 1.165) is 23.9 Å². The van der Waals surface area contributed by atoms with Crippen molar-refractivity contribution in [2.75, 3.05) is 0 Å². The van der Waals surface area contributed by atoms with Crippen LogP contribution in [-0.4, -0.2) is 16.3 Å². The second kappa shape index (κ2) is 6.37. The molecule has 0 spiro atoms. The zero-order chi connectivity index (χ0) is 18.4. The molecule has 1 saturated carbocycles. The second-order valence-corrected chi connectivity index (χ2v) is 7.95. The first-order valence-electron chi connectivity index (χ1n) is 8.50. The molecule has 0 radical (unpaired) electrons. The normalized spacial score (nSPS) is 15.9. The summed E-state index contributed by atoms with van der Waals surface area (Å²) >= 11 is 6.25. The summed E-state index contributed by atoms with van der Waals surface area (Å²) in [6.45, 7) is 7.30. The predicted molar refractivity (Wildman–Crippen MR) is 99.3 cm³/mol. The van der Waals surface area contributed by atoms with Crippen molar-refractivity contribution in [1.29, 1.82) is 0 Å². The minimum Gasteiger partial charge on any atom is -0.444 e. The van der Waals surface area contributed by atoms with Gasteiger partial charge in [0, 0.05) is 11.7 Å². The number of nitrogens with zero attached hydrogens (tertiary/aromatic N) is 1. The van der Waals surface area contributed by atoms with Crippen molar-refractivity contribution in [3.05, 3.63) is 45.3 Å². The van der Waals surface area contributed by atoms with Gasteiger partial charge in [-0.15, -0.1) is 0 Å². The first-order chi connectivity index (χ1) is 11.7. The molecule has 1 fully saturated rings. The smallest absolute Gasteiger partial charge is 0.408 e. The number of fused-ring (bicyclic) bond motifs is 1. The van der Waals surface area contributed by atoms with Crippen LogP contribution < -0.4 is 10.9 Å². The number of aromatic nitrogens is 1. The van der Waals surface area contributed by atoms with Crippen molar-refractivity contribution in [3.8, 4) is 0 Å². The van der Waals surface area contributed by atoms with E-state index in [1.807, 2.05) is 45.9 Å². The number of benzene rings is 1. The Hall–Kier alpha value is -2.01. The topological polar surface area (TPSA) is 60.3 Å². The molecular weight excluding hydrogens is 340 g/mol. The first kappa shape index (κ1) is 17.8. The summed E-state index contributed by atoms with van der Waals surface area (Å²) in [6, 6.07) is 7.16. The Morgan fingerprint density at radius 2 is 2.04 bits per heavy atom. The Bertz CT molecular complexity index is 879. The van der Waals surface area contributed by atoms with E-state index in [2.05, 4.69) is 5.32 Å². The van der Waals surface area contributed by atoms with Crippen LogP contribution >= 0.6 is 11.6 Å². The van der Waals surface area contributed by atoms with E-state index in [1.54, 1.807) is 10.6 Å². The van der Waals surface area contributed by atoms with Crippen molar-refractivity contribution in [2.24, 2.45) is 0 Å². The molecule has 25 heavy (non-hydrogen) atoms. The van der Waals surface area contributed by atoms with Crippen LogP contribution in [0.1, 0.15) is 58.3 Å². The van der Waals surface area contributed by atoms with Gasteiger partial charge in [-0.25, -0.2) is 4.79 Å². The number of carbonyl (C=O) groups excluding carboxylic acids is 1. The van der Waals surface area contributed by atoms with Gasteiger partial charge in [0.25, 0.3) is 5.56 Å². The standard InChI is InChI=1S/C19H23ClN2O3/c1-11(21-18(24)25-19(2,3)4)15-10-12-6-5-7-14(20)16(12)17(23)22(15)13-8-9-13/h5-7,10-11,13H,8-9H2,1-4H3,(H,21,24). The number of amides is 1. The molecule has 0 bridgehead atoms. The number of rotatable bonds is 3. The molecule has 1 aromatic carbocycles. The Balaban J connectivity index is 2.02. The maximum absolute atomic E-state index is 13.0. The predicted octanol–water partition coefficient (Wildman–Crippen LogP) is 4.58. The molecule has 2 aromatic rings. The third kappa shape index (κ3) is 3.82. The maximum Gasteiger partial charge on any atom is 0.408 e. The van der Waals surface area contributed by atoms with Gasteiger partial charge in [-0.2, -0.15) is 0 Å². The molecule has 0 aliphatic heterocycles. The molecule has 1 heterocycles. The molecule has 134 valence electrons. The van der Waals surface area contributed by atoms with Crippen LogP contribution in [0.3, 0.4) is 0 Å². The first-order valence-corrected chi connectivity index (χ1v) is 8.88. The number of hydrogen-bond acceptors (Lipinski definition) is 3. The molecule has 1 atom stereocenters. The molecule has 1 aliphatic rings. The number of pyridine rings is 1. The quantitative estimate of drug-likeness (QED) is 0.869. The molecule has 6 heteroatoms. The third-order valence-electron chi connectivity index (χ3n) is 4.15. The molecule has 5 nitrogen and oxygen atoms in total. The fourth-order valence-electron chi connectivity index (χ4n) is 2.95. The number of hydrogen-bond donors (Lipinski definition) is 1. The Morgan fingerprint density at radius 1 is 1.36 bits per heavy atom. The van der Waals surface area contributed by atoms with Gasteiger partial charge >= 0.3 is 6.09 Å². The van der Waals surface area contributed by atoms with Gasteiger partial charge in [0.2, 0.25) is 0 Å². The second-order valence-electron chi connectivity index (χ2n) is 7.55. The lowest BCUT2D eigenvalue weighted by Crippen LogP contribution is -2.36. The lowest BCUT2D eigenvalue weighted by atomic mass is 10.1. The monoisotopic (exact) mass is 362 g/mol. The fourth-order valence-corrected chi connectivity index (χ4v) is 3.22. The highest BCUT2D eigenvalue weighted by molar-refractivity contribution is 6.35. The van der Waals surface area contributed by atoms with Gasteiger partial charge in [-0.1, -0.05) is 23.7 Å². The Labute approximate surface area is 151 Å². The van der Waals surface area contributed by atoms with Crippen molar-refractivity contribution >= 4 is 28.5 Å². The highest BCUT2D eigenvalue weighted by Crippen LogP contribution is 2.37. The minimum absolute atomic E-state index is 0.0987. The molecule has 1 aliphatic carbocycles. The summed E-state index contributed by atoms with van der Waals surface area (Å²) in [7, 11) is 0. The summed E-state index contributed by atoms with van der Waals surface area (Å²) in [5, 5.41) is 4.59. The Kier molecular flexibility index (Phi) is 4.54. The van der Waals surface area contributed by atoms with E-state index in [0.29, 0.717) is 10.4 Å². The van der Waals surface area contributed by atoms with Crippen LogP contribution in [0.2, 0.25) is 5.02 Å². The van der Waals surface area contributed by atoms with Crippen LogP contribution in [0.25, 0.3) is 10.8 Å². The van der Waals surface area contributed by atoms with Crippen LogP contribution in [0, 0.1) is 0 Å². The zero-order valence-corrected chi connectivity index (χ0v) is 15.7. The van der Waals surface area contributed by atoms with Crippen LogP contribution in [-0.2, 0) is 4.74 Å². The third-order valence-corrected chi connectivity index (χ3v) is 4.46. The van der Waals surface area contributed by atoms with Gasteiger partial charge in [0.15, 0.2) is 0 Å². The number of nitrogens with one attached hydrogen (secondary N) is 1. The summed E-state index contributed by atoms with van der Waals surface area (Å²) in [6.07, 6.45) is 1.42. The summed E-state index contributed by atoms with van der Waals surface area (Å²) in [4.78, 5) is 25.1. The minimum atomic E-state index is -0.573. The van der Waals surface area contributed by atoms with Crippen LogP contribution in [0.4, 0.5) is 4.79 Å². The zero-order valence-electron chi connectivity index (χ0n) is 14.9. The highest BCUT2D eigenvalue weighted by Gasteiger charge is 2.30. The lowest BCUT2D eigenvalue weighted by Gasteiger charge is -2.24. The van der Waals surface area contributed by atoms with Crippen LogP contribution in [0.15, 0.2) is 29.1 Å². The lowest BCUT2D eigenvalue weighted by molar-refractivity contribution is 0.0506. The molecule has 1 unspecified atom stereocenters. The van der Waals surface area contributed by atoms with E-state index in [-0.39, 0.29) is 17.6 Å². The SMILES string of the molecule is CC(NC(=O)OC(C)(C)C)c1cc2cccc(Cl)c2c(=O)n1C1CC1. The van der Waals surface area contributed by atoms with Gasteiger partial charge in [0.05, 0.1) is 16.5 Å². The van der Waals surface area contributed by atoms with Gasteiger partial charge in [-0.05, 0) is 58.1 Å². The van der Waals surface area contributed by atoms with Crippen molar-refractivity contribution in [3.63, 3.8) is 0 Å². The van der Waals surface area contributed by atoms with E-state index in [4.69, 9.17) is 16.3 Å². The molecular formula is C19H23ClN2O3. The average Bonchev–Trinajstić information content (AvgIpc) is 3.29. The number of halogens is 1. The maximum atomic E-state index is 13.0. The molecule has 1 amide bonds. The van der Waals surface area contributed by atoms with Gasteiger partial charge < -0.3 is 14.6 Å². The molecule has 1 N–H and O–H groups in total. The summed E-state index contributed by atoms with van der Waals surface area (Å²) < 4.78 is 7.10. The summed E-state index contributed by atoms with van der Waals surface area (Å²) in [5.41, 5.74) is 0.100. The molecule has 1 aromatic heterocycles. The van der Waals surface area contributed by atoms with Gasteiger partial charge in [0.1, 0.15) is 5.60 Å². The van der Waals surface area contributed by atoms with E-state index in [9.17, 15) is 9.59 Å². The summed E-state index contributed by atoms with van der Waals surface area (Å²) in [5.74, 6) is 0. The van der Waals surface area contributed by atoms with Crippen LogP contribution in [0.5, 0.6) is 0 Å². The van der Waals surface area contributed by atoms with Crippen molar-refractivity contribution < 1.29 is 9.53 Å². The molecule has 3 rings (SSSR count). The number of ether oxygens (including phenoxy) is 1. The number of carbonyl (C=O) groups is 1.